The molecule has 0 aliphatic rings. The normalized spacial score (nSPS) is 11.0. The molecule has 0 aromatic heterocycles. The van der Waals surface area contributed by atoms with Gasteiger partial charge >= 0.3 is 0 Å². The summed E-state index contributed by atoms with van der Waals surface area (Å²) in [6, 6.07) is 16.0. The summed E-state index contributed by atoms with van der Waals surface area (Å²) in [6.07, 6.45) is 0. The van der Waals surface area contributed by atoms with E-state index in [9.17, 15) is 0 Å². The van der Waals surface area contributed by atoms with Crippen molar-refractivity contribution in [3.8, 4) is 11.1 Å². The van der Waals surface area contributed by atoms with Gasteiger partial charge in [-0.05, 0) is 42.2 Å². The number of hydrogen-bond acceptors (Lipinski definition) is 1. The summed E-state index contributed by atoms with van der Waals surface area (Å²) in [6.45, 7) is 9.60. The van der Waals surface area contributed by atoms with Crippen molar-refractivity contribution < 1.29 is 0 Å². The summed E-state index contributed by atoms with van der Waals surface area (Å²) in [7, 11) is 0. The first-order chi connectivity index (χ1) is 9.06. The summed E-state index contributed by atoms with van der Waals surface area (Å²) >= 11 is 0. The van der Waals surface area contributed by atoms with E-state index in [0.29, 0.717) is 6.04 Å². The minimum atomic E-state index is 0.518. The van der Waals surface area contributed by atoms with Crippen molar-refractivity contribution in [2.75, 3.05) is 0 Å². The van der Waals surface area contributed by atoms with Crippen molar-refractivity contribution in [2.24, 2.45) is 0 Å². The number of rotatable bonds is 4. The summed E-state index contributed by atoms with van der Waals surface area (Å²) in [4.78, 5) is 0. The van der Waals surface area contributed by atoms with Gasteiger partial charge in [-0.3, -0.25) is 0 Å². The van der Waals surface area contributed by atoms with Crippen LogP contribution in [-0.2, 0) is 6.54 Å². The van der Waals surface area contributed by atoms with Crippen LogP contribution in [0.2, 0.25) is 0 Å². The van der Waals surface area contributed by atoms with E-state index < -0.39 is 0 Å². The molecular formula is C18H23N. The molecule has 2 aromatic carbocycles. The first-order valence-corrected chi connectivity index (χ1v) is 6.96. The molecule has 0 unspecified atom stereocenters. The zero-order valence-electron chi connectivity index (χ0n) is 12.3. The van der Waals surface area contributed by atoms with E-state index in [4.69, 9.17) is 0 Å². The Hall–Kier alpha value is -1.60. The maximum atomic E-state index is 3.47. The van der Waals surface area contributed by atoms with Crippen LogP contribution in [0, 0.1) is 13.8 Å². The van der Waals surface area contributed by atoms with Crippen LogP contribution in [0.15, 0.2) is 42.5 Å². The van der Waals surface area contributed by atoms with Crippen LogP contribution in [0.3, 0.4) is 0 Å². The fourth-order valence-electron chi connectivity index (χ4n) is 2.22. The van der Waals surface area contributed by atoms with Gasteiger partial charge in [-0.15, -0.1) is 0 Å². The third-order valence-electron chi connectivity index (χ3n) is 3.35. The fourth-order valence-corrected chi connectivity index (χ4v) is 2.22. The Morgan fingerprint density at radius 2 is 1.79 bits per heavy atom. The molecule has 0 amide bonds. The average molecular weight is 253 g/mol. The molecule has 0 heterocycles. The van der Waals surface area contributed by atoms with Gasteiger partial charge in [-0.2, -0.15) is 0 Å². The van der Waals surface area contributed by atoms with Gasteiger partial charge in [0.15, 0.2) is 0 Å². The third kappa shape index (κ3) is 3.68. The maximum Gasteiger partial charge on any atom is 0.0208 e. The van der Waals surface area contributed by atoms with E-state index in [1.165, 1.54) is 27.8 Å². The largest absolute Gasteiger partial charge is 0.310 e. The molecule has 0 fully saturated rings. The van der Waals surface area contributed by atoms with Crippen LogP contribution < -0.4 is 5.32 Å². The lowest BCUT2D eigenvalue weighted by atomic mass is 9.97. The Labute approximate surface area is 116 Å². The molecule has 19 heavy (non-hydrogen) atoms. The SMILES string of the molecule is Cc1ccc(C)c(-c2cccc(CNC(C)C)c2)c1. The maximum absolute atomic E-state index is 3.47. The lowest BCUT2D eigenvalue weighted by molar-refractivity contribution is 0.589. The second-order valence-electron chi connectivity index (χ2n) is 5.55. The summed E-state index contributed by atoms with van der Waals surface area (Å²) < 4.78 is 0. The summed E-state index contributed by atoms with van der Waals surface area (Å²) in [5.41, 5.74) is 6.63. The second-order valence-corrected chi connectivity index (χ2v) is 5.55. The standard InChI is InChI=1S/C18H23N/c1-13(2)19-12-16-6-5-7-17(11-16)18-10-14(3)8-9-15(18)4/h5-11,13,19H,12H2,1-4H3. The minimum absolute atomic E-state index is 0.518. The van der Waals surface area contributed by atoms with Gasteiger partial charge in [-0.1, -0.05) is 55.8 Å². The van der Waals surface area contributed by atoms with E-state index >= 15 is 0 Å². The van der Waals surface area contributed by atoms with E-state index in [1.807, 2.05) is 0 Å². The molecule has 0 saturated carbocycles. The molecule has 100 valence electrons. The van der Waals surface area contributed by atoms with Crippen LogP contribution in [0.5, 0.6) is 0 Å². The van der Waals surface area contributed by atoms with E-state index in [0.717, 1.165) is 6.54 Å². The van der Waals surface area contributed by atoms with Crippen LogP contribution in [0.25, 0.3) is 11.1 Å². The van der Waals surface area contributed by atoms with Crippen molar-refractivity contribution in [1.82, 2.24) is 5.32 Å². The molecule has 0 aliphatic heterocycles. The predicted octanol–water partition coefficient (Wildman–Crippen LogP) is 4.47. The molecule has 0 spiro atoms. The number of nitrogens with one attached hydrogen (secondary N) is 1. The highest BCUT2D eigenvalue weighted by Gasteiger charge is 2.03. The van der Waals surface area contributed by atoms with E-state index in [-0.39, 0.29) is 0 Å². The molecule has 1 heteroatoms. The minimum Gasteiger partial charge on any atom is -0.310 e. The third-order valence-corrected chi connectivity index (χ3v) is 3.35. The van der Waals surface area contributed by atoms with Gasteiger partial charge in [0.2, 0.25) is 0 Å². The molecule has 1 N–H and O–H groups in total. The lowest BCUT2D eigenvalue weighted by Crippen LogP contribution is -2.21. The molecule has 0 saturated heterocycles. The highest BCUT2D eigenvalue weighted by atomic mass is 14.9. The van der Waals surface area contributed by atoms with Gasteiger partial charge in [0.1, 0.15) is 0 Å². The van der Waals surface area contributed by atoms with Crippen molar-refractivity contribution in [3.63, 3.8) is 0 Å². The number of aryl methyl sites for hydroxylation is 2. The van der Waals surface area contributed by atoms with Gasteiger partial charge in [0.05, 0.1) is 0 Å². The number of benzene rings is 2. The topological polar surface area (TPSA) is 12.0 Å². The van der Waals surface area contributed by atoms with Gasteiger partial charge in [-0.25, -0.2) is 0 Å². The molecule has 0 bridgehead atoms. The van der Waals surface area contributed by atoms with Crippen LogP contribution in [0.4, 0.5) is 0 Å². The predicted molar refractivity (Wildman–Crippen MR) is 83.3 cm³/mol. The van der Waals surface area contributed by atoms with Gasteiger partial charge in [0.25, 0.3) is 0 Å². The van der Waals surface area contributed by atoms with Crippen molar-refractivity contribution in [2.45, 2.75) is 40.3 Å². The van der Waals surface area contributed by atoms with Crippen LogP contribution in [0.1, 0.15) is 30.5 Å². The molecule has 0 aliphatic carbocycles. The molecule has 1 nitrogen and oxygen atoms in total. The first kappa shape index (κ1) is 13.8. The van der Waals surface area contributed by atoms with E-state index in [2.05, 4.69) is 75.5 Å². The first-order valence-electron chi connectivity index (χ1n) is 6.96. The monoisotopic (exact) mass is 253 g/mol. The summed E-state index contributed by atoms with van der Waals surface area (Å²) in [5, 5.41) is 3.47. The molecule has 0 atom stereocenters. The Kier molecular flexibility index (Phi) is 4.39. The molecule has 0 radical (unpaired) electrons. The van der Waals surface area contributed by atoms with Crippen molar-refractivity contribution >= 4 is 0 Å². The number of hydrogen-bond donors (Lipinski definition) is 1. The molecule has 2 aromatic rings. The summed E-state index contributed by atoms with van der Waals surface area (Å²) in [5.74, 6) is 0. The van der Waals surface area contributed by atoms with Gasteiger partial charge < -0.3 is 5.32 Å². The quantitative estimate of drug-likeness (QED) is 0.847. The molecular weight excluding hydrogens is 230 g/mol. The van der Waals surface area contributed by atoms with Gasteiger partial charge in [0, 0.05) is 12.6 Å². The van der Waals surface area contributed by atoms with Crippen LogP contribution in [-0.4, -0.2) is 6.04 Å². The zero-order chi connectivity index (χ0) is 13.8. The smallest absolute Gasteiger partial charge is 0.0208 e. The van der Waals surface area contributed by atoms with Crippen LogP contribution >= 0.6 is 0 Å². The van der Waals surface area contributed by atoms with Crippen molar-refractivity contribution in [1.29, 1.82) is 0 Å². The second kappa shape index (κ2) is 6.03. The Morgan fingerprint density at radius 3 is 2.53 bits per heavy atom. The zero-order valence-corrected chi connectivity index (χ0v) is 12.3. The lowest BCUT2D eigenvalue weighted by Gasteiger charge is -2.11. The Balaban J connectivity index is 2.29. The Morgan fingerprint density at radius 1 is 1.00 bits per heavy atom. The fraction of sp³-hybridized carbons (Fsp3) is 0.333. The van der Waals surface area contributed by atoms with Crippen molar-refractivity contribution in [3.05, 3.63) is 59.2 Å². The highest BCUT2D eigenvalue weighted by molar-refractivity contribution is 5.68. The average Bonchev–Trinajstić information content (AvgIpc) is 2.39. The van der Waals surface area contributed by atoms with E-state index in [1.54, 1.807) is 0 Å². The molecule has 2 rings (SSSR count). The highest BCUT2D eigenvalue weighted by Crippen LogP contribution is 2.25. The Bertz CT molecular complexity index is 555.